The van der Waals surface area contributed by atoms with Gasteiger partial charge in [-0.3, -0.25) is 4.79 Å². The number of benzene rings is 1. The Morgan fingerprint density at radius 3 is 2.65 bits per heavy atom. The number of nitrogens with one attached hydrogen (secondary N) is 1. The van der Waals surface area contributed by atoms with E-state index in [1.165, 1.54) is 32.2 Å². The average Bonchev–Trinajstić information content (AvgIpc) is 3.65. The Hall–Kier alpha value is -2.61. The first-order valence-corrected chi connectivity index (χ1v) is 11.1. The molecule has 2 N–H and O–H groups in total. The number of anilines is 1. The second-order valence-corrected chi connectivity index (χ2v) is 9.28. The van der Waals surface area contributed by atoms with E-state index in [4.69, 9.17) is 4.74 Å². The maximum Gasteiger partial charge on any atom is 0.341 e. The molecular weight excluding hydrogens is 401 g/mol. The molecule has 2 saturated carbocycles. The Balaban J connectivity index is 1.61. The Morgan fingerprint density at radius 2 is 2.03 bits per heavy atom. The molecule has 1 aromatic carbocycles. The SMILES string of the molecule is COc1c(N2CC(C)C(CNC3CC3)C2)c(F)cc2c(=O)c(C(=O)O)cn(C3CC3)c12. The Labute approximate surface area is 179 Å². The molecule has 2 heterocycles. The van der Waals surface area contributed by atoms with E-state index in [0.29, 0.717) is 47.9 Å². The second-order valence-electron chi connectivity index (χ2n) is 9.28. The van der Waals surface area contributed by atoms with Gasteiger partial charge in [-0.1, -0.05) is 6.92 Å². The summed E-state index contributed by atoms with van der Waals surface area (Å²) < 4.78 is 22.9. The first-order valence-electron chi connectivity index (χ1n) is 11.1. The number of hydrogen-bond acceptors (Lipinski definition) is 5. The molecule has 5 rings (SSSR count). The standard InChI is InChI=1S/C23H28FN3O4/c1-12-9-26(10-13(12)8-25-14-3-4-14)20-18(24)7-16-19(22(20)31-2)27(15-5-6-15)11-17(21(16)28)23(29)30/h7,11-15,25H,3-6,8-10H2,1-2H3,(H,29,30). The number of pyridine rings is 1. The molecule has 1 aromatic heterocycles. The minimum atomic E-state index is -1.30. The van der Waals surface area contributed by atoms with Gasteiger partial charge in [-0.2, -0.15) is 0 Å². The fourth-order valence-corrected chi connectivity index (χ4v) is 4.81. The Kier molecular flexibility index (Phi) is 4.92. The number of carboxylic acid groups (broad SMARTS) is 1. The van der Waals surface area contributed by atoms with Crippen molar-refractivity contribution in [2.24, 2.45) is 11.8 Å². The lowest BCUT2D eigenvalue weighted by molar-refractivity contribution is 0.0695. The zero-order valence-corrected chi connectivity index (χ0v) is 17.9. The van der Waals surface area contributed by atoms with Crippen LogP contribution in [0.3, 0.4) is 0 Å². The minimum absolute atomic E-state index is 0.0593. The molecule has 166 valence electrons. The lowest BCUT2D eigenvalue weighted by Gasteiger charge is -2.25. The molecule has 1 aliphatic heterocycles. The normalized spacial score (nSPS) is 23.5. The van der Waals surface area contributed by atoms with Crippen molar-refractivity contribution in [3.8, 4) is 5.75 Å². The van der Waals surface area contributed by atoms with Crippen LogP contribution in [0.25, 0.3) is 10.9 Å². The number of rotatable bonds is 7. The van der Waals surface area contributed by atoms with Crippen LogP contribution in [0.4, 0.5) is 10.1 Å². The minimum Gasteiger partial charge on any atom is -0.492 e. The highest BCUT2D eigenvalue weighted by molar-refractivity contribution is 5.97. The van der Waals surface area contributed by atoms with E-state index in [9.17, 15) is 14.7 Å². The molecule has 0 bridgehead atoms. The summed E-state index contributed by atoms with van der Waals surface area (Å²) in [6, 6.07) is 1.92. The number of methoxy groups -OCH3 is 1. The summed E-state index contributed by atoms with van der Waals surface area (Å²) in [5.74, 6) is -0.733. The molecule has 0 amide bonds. The smallest absolute Gasteiger partial charge is 0.341 e. The molecule has 2 aliphatic carbocycles. The van der Waals surface area contributed by atoms with Gasteiger partial charge in [0.15, 0.2) is 11.6 Å². The van der Waals surface area contributed by atoms with Gasteiger partial charge < -0.3 is 24.6 Å². The van der Waals surface area contributed by atoms with E-state index in [1.807, 2.05) is 4.90 Å². The van der Waals surface area contributed by atoms with Gasteiger partial charge in [0.2, 0.25) is 5.43 Å². The van der Waals surface area contributed by atoms with Crippen LogP contribution in [0, 0.1) is 17.7 Å². The number of aromatic carboxylic acids is 1. The van der Waals surface area contributed by atoms with E-state index in [0.717, 1.165) is 19.4 Å². The van der Waals surface area contributed by atoms with Crippen molar-refractivity contribution in [2.75, 3.05) is 31.6 Å². The molecule has 2 atom stereocenters. The lowest BCUT2D eigenvalue weighted by atomic mass is 9.98. The largest absolute Gasteiger partial charge is 0.492 e. The van der Waals surface area contributed by atoms with Gasteiger partial charge >= 0.3 is 5.97 Å². The van der Waals surface area contributed by atoms with E-state index in [1.54, 1.807) is 4.57 Å². The van der Waals surface area contributed by atoms with E-state index >= 15 is 4.39 Å². The van der Waals surface area contributed by atoms with Gasteiger partial charge in [0.25, 0.3) is 0 Å². The van der Waals surface area contributed by atoms with Crippen molar-refractivity contribution in [3.63, 3.8) is 0 Å². The molecule has 0 radical (unpaired) electrons. The summed E-state index contributed by atoms with van der Waals surface area (Å²) in [5, 5.41) is 13.1. The topological polar surface area (TPSA) is 83.8 Å². The van der Waals surface area contributed by atoms with Gasteiger partial charge in [-0.15, -0.1) is 0 Å². The van der Waals surface area contributed by atoms with E-state index < -0.39 is 17.2 Å². The summed E-state index contributed by atoms with van der Waals surface area (Å²) in [7, 11) is 1.48. The van der Waals surface area contributed by atoms with Crippen LogP contribution in [-0.4, -0.2) is 48.4 Å². The highest BCUT2D eigenvalue weighted by Crippen LogP contribution is 2.45. The third-order valence-corrected chi connectivity index (χ3v) is 6.90. The highest BCUT2D eigenvalue weighted by atomic mass is 19.1. The van der Waals surface area contributed by atoms with Crippen LogP contribution in [0.5, 0.6) is 5.75 Å². The van der Waals surface area contributed by atoms with Crippen LogP contribution in [0.1, 0.15) is 49.0 Å². The molecule has 3 aliphatic rings. The quantitative estimate of drug-likeness (QED) is 0.704. The molecule has 2 aromatic rings. The summed E-state index contributed by atoms with van der Waals surface area (Å²) in [6.07, 6.45) is 5.64. The fraction of sp³-hybridized carbons (Fsp3) is 0.565. The number of hydrogen-bond donors (Lipinski definition) is 2. The molecule has 0 spiro atoms. The molecule has 1 saturated heterocycles. The van der Waals surface area contributed by atoms with Crippen LogP contribution in [-0.2, 0) is 0 Å². The van der Waals surface area contributed by atoms with E-state index in [-0.39, 0.29) is 17.0 Å². The van der Waals surface area contributed by atoms with Crippen molar-refractivity contribution < 1.29 is 19.0 Å². The highest BCUT2D eigenvalue weighted by Gasteiger charge is 2.36. The van der Waals surface area contributed by atoms with Crippen molar-refractivity contribution in [1.82, 2.24) is 9.88 Å². The van der Waals surface area contributed by atoms with Crippen LogP contribution in [0.15, 0.2) is 17.1 Å². The number of nitrogens with zero attached hydrogens (tertiary/aromatic N) is 2. The second kappa shape index (κ2) is 7.51. The molecule has 7 nitrogen and oxygen atoms in total. The Bertz CT molecular complexity index is 1110. The van der Waals surface area contributed by atoms with Gasteiger partial charge in [-0.05, 0) is 43.6 Å². The third-order valence-electron chi connectivity index (χ3n) is 6.90. The van der Waals surface area contributed by atoms with Crippen LogP contribution < -0.4 is 20.4 Å². The zero-order valence-electron chi connectivity index (χ0n) is 17.9. The lowest BCUT2D eigenvalue weighted by Crippen LogP contribution is -2.29. The van der Waals surface area contributed by atoms with Gasteiger partial charge in [-0.25, -0.2) is 9.18 Å². The maximum absolute atomic E-state index is 15.4. The summed E-state index contributed by atoms with van der Waals surface area (Å²) >= 11 is 0. The number of fused-ring (bicyclic) bond motifs is 1. The summed E-state index contributed by atoms with van der Waals surface area (Å²) in [6.45, 7) is 4.51. The van der Waals surface area contributed by atoms with Crippen molar-refractivity contribution in [1.29, 1.82) is 0 Å². The molecule has 8 heteroatoms. The number of carbonyl (C=O) groups is 1. The maximum atomic E-state index is 15.4. The monoisotopic (exact) mass is 429 g/mol. The zero-order chi connectivity index (χ0) is 21.9. The predicted octanol–water partition coefficient (Wildman–Crippen LogP) is 3.01. The van der Waals surface area contributed by atoms with Gasteiger partial charge in [0, 0.05) is 37.9 Å². The van der Waals surface area contributed by atoms with Crippen molar-refractivity contribution >= 4 is 22.6 Å². The van der Waals surface area contributed by atoms with E-state index in [2.05, 4.69) is 12.2 Å². The summed E-state index contributed by atoms with van der Waals surface area (Å²) in [5.41, 5.74) is -0.157. The van der Waals surface area contributed by atoms with Crippen molar-refractivity contribution in [3.05, 3.63) is 33.9 Å². The van der Waals surface area contributed by atoms with Gasteiger partial charge in [0.05, 0.1) is 18.0 Å². The molecule has 3 fully saturated rings. The molecular formula is C23H28FN3O4. The van der Waals surface area contributed by atoms with Crippen molar-refractivity contribution in [2.45, 2.75) is 44.7 Å². The number of ether oxygens (including phenoxy) is 1. The number of aromatic nitrogens is 1. The van der Waals surface area contributed by atoms with Gasteiger partial charge in [0.1, 0.15) is 11.3 Å². The fourth-order valence-electron chi connectivity index (χ4n) is 4.81. The molecule has 2 unspecified atom stereocenters. The Morgan fingerprint density at radius 1 is 1.29 bits per heavy atom. The van der Waals surface area contributed by atoms with Crippen LogP contribution >= 0.6 is 0 Å². The number of halogens is 1. The summed E-state index contributed by atoms with van der Waals surface area (Å²) in [4.78, 5) is 26.5. The average molecular weight is 429 g/mol. The third kappa shape index (κ3) is 3.56. The first kappa shape index (κ1) is 20.3. The predicted molar refractivity (Wildman–Crippen MR) is 116 cm³/mol. The van der Waals surface area contributed by atoms with Crippen LogP contribution in [0.2, 0.25) is 0 Å². The first-order chi connectivity index (χ1) is 14.9. The number of carboxylic acids is 1. The molecule has 31 heavy (non-hydrogen) atoms.